The van der Waals surface area contributed by atoms with Gasteiger partial charge in [0.2, 0.25) is 5.91 Å². The van der Waals surface area contributed by atoms with Crippen molar-refractivity contribution < 1.29 is 14.0 Å². The van der Waals surface area contributed by atoms with Crippen molar-refractivity contribution in [2.75, 3.05) is 0 Å². The number of carbonyl (C=O) groups is 2. The number of benzene rings is 2. The summed E-state index contributed by atoms with van der Waals surface area (Å²) in [6.07, 6.45) is 0. The number of nitrogens with zero attached hydrogens (tertiary/aromatic N) is 1. The number of imide groups is 1. The average molecular weight is 355 g/mol. The summed E-state index contributed by atoms with van der Waals surface area (Å²) in [6, 6.07) is 16.3. The minimum atomic E-state index is -0.529. The topological polar surface area (TPSA) is 84.2 Å². The molecule has 1 unspecified atom stereocenters. The van der Waals surface area contributed by atoms with Crippen LogP contribution in [0, 0.1) is 0 Å². The second-order valence-corrected chi connectivity index (χ2v) is 6.66. The summed E-state index contributed by atoms with van der Waals surface area (Å²) in [5.41, 5.74) is 2.36. The molecule has 0 aliphatic carbocycles. The predicted octanol–water partition coefficient (Wildman–Crippen LogP) is 3.33. The third kappa shape index (κ3) is 4.60. The first-order valence-electron chi connectivity index (χ1n) is 7.76. The van der Waals surface area contributed by atoms with Crippen LogP contribution in [0.1, 0.15) is 12.5 Å². The zero-order chi connectivity index (χ0) is 17.6. The summed E-state index contributed by atoms with van der Waals surface area (Å²) in [5, 5.41) is 4.85. The van der Waals surface area contributed by atoms with E-state index in [1.807, 2.05) is 54.6 Å². The van der Waals surface area contributed by atoms with E-state index in [-0.39, 0.29) is 0 Å². The minimum Gasteiger partial charge on any atom is -0.431 e. The van der Waals surface area contributed by atoms with Gasteiger partial charge in [0, 0.05) is 6.54 Å². The molecule has 3 amide bonds. The molecule has 1 heterocycles. The molecule has 2 N–H and O–H groups in total. The van der Waals surface area contributed by atoms with Crippen molar-refractivity contribution in [2.45, 2.75) is 23.9 Å². The van der Waals surface area contributed by atoms with Crippen molar-refractivity contribution in [2.24, 2.45) is 0 Å². The highest BCUT2D eigenvalue weighted by Gasteiger charge is 2.19. The Morgan fingerprint density at radius 1 is 1.12 bits per heavy atom. The van der Waals surface area contributed by atoms with E-state index < -0.39 is 17.2 Å². The van der Waals surface area contributed by atoms with E-state index in [0.717, 1.165) is 22.8 Å². The molecular weight excluding hydrogens is 338 g/mol. The number of urea groups is 1. The van der Waals surface area contributed by atoms with Crippen LogP contribution in [0.3, 0.4) is 0 Å². The monoisotopic (exact) mass is 355 g/mol. The Morgan fingerprint density at radius 2 is 1.84 bits per heavy atom. The van der Waals surface area contributed by atoms with Crippen LogP contribution >= 0.6 is 11.8 Å². The zero-order valence-corrected chi connectivity index (χ0v) is 14.4. The molecule has 0 bridgehead atoms. The Balaban J connectivity index is 1.50. The maximum Gasteiger partial charge on any atom is 0.321 e. The fourth-order valence-electron chi connectivity index (χ4n) is 2.14. The van der Waals surface area contributed by atoms with Crippen LogP contribution in [0.15, 0.2) is 64.2 Å². The van der Waals surface area contributed by atoms with Gasteiger partial charge in [0.15, 0.2) is 5.58 Å². The van der Waals surface area contributed by atoms with Crippen LogP contribution in [0.2, 0.25) is 0 Å². The normalized spacial score (nSPS) is 11.9. The van der Waals surface area contributed by atoms with Gasteiger partial charge in [0.1, 0.15) is 5.52 Å². The standard InChI is InChI=1S/C18H17N3O3S/c1-12(25-18-20-14-9-5-6-10-15(14)24-18)16(22)21-17(23)19-11-13-7-3-2-4-8-13/h2-10,12H,11H2,1H3,(H2,19,21,22,23). The van der Waals surface area contributed by atoms with Crippen LogP contribution in [0.4, 0.5) is 4.79 Å². The van der Waals surface area contributed by atoms with Crippen LogP contribution in [-0.4, -0.2) is 22.2 Å². The summed E-state index contributed by atoms with van der Waals surface area (Å²) in [4.78, 5) is 28.3. The molecule has 128 valence electrons. The lowest BCUT2D eigenvalue weighted by Crippen LogP contribution is -2.42. The van der Waals surface area contributed by atoms with Gasteiger partial charge in [0.05, 0.1) is 5.25 Å². The molecule has 0 spiro atoms. The smallest absolute Gasteiger partial charge is 0.321 e. The Bertz CT molecular complexity index is 846. The second-order valence-electron chi connectivity index (χ2n) is 5.37. The fraction of sp³-hybridized carbons (Fsp3) is 0.167. The van der Waals surface area contributed by atoms with E-state index in [0.29, 0.717) is 17.4 Å². The maximum atomic E-state index is 12.1. The molecule has 2 aromatic carbocycles. The van der Waals surface area contributed by atoms with E-state index in [1.165, 1.54) is 0 Å². The number of rotatable bonds is 5. The van der Waals surface area contributed by atoms with Crippen LogP contribution < -0.4 is 10.6 Å². The number of para-hydroxylation sites is 2. The third-order valence-corrected chi connectivity index (χ3v) is 4.40. The van der Waals surface area contributed by atoms with Crippen molar-refractivity contribution in [3.63, 3.8) is 0 Å². The first-order valence-corrected chi connectivity index (χ1v) is 8.64. The van der Waals surface area contributed by atoms with Gasteiger partial charge >= 0.3 is 6.03 Å². The Hall–Kier alpha value is -2.80. The molecular formula is C18H17N3O3S. The van der Waals surface area contributed by atoms with Gasteiger partial charge in [-0.25, -0.2) is 9.78 Å². The van der Waals surface area contributed by atoms with Gasteiger partial charge in [0.25, 0.3) is 5.22 Å². The summed E-state index contributed by atoms with van der Waals surface area (Å²) in [6.45, 7) is 2.05. The van der Waals surface area contributed by atoms with E-state index >= 15 is 0 Å². The number of thioether (sulfide) groups is 1. The number of hydrogen-bond donors (Lipinski definition) is 2. The predicted molar refractivity (Wildman–Crippen MR) is 96.1 cm³/mol. The van der Waals surface area contributed by atoms with Crippen molar-refractivity contribution in [1.29, 1.82) is 0 Å². The number of oxazole rings is 1. The van der Waals surface area contributed by atoms with Gasteiger partial charge < -0.3 is 9.73 Å². The SMILES string of the molecule is CC(Sc1nc2ccccc2o1)C(=O)NC(=O)NCc1ccccc1. The molecule has 0 saturated carbocycles. The number of nitrogens with one attached hydrogen (secondary N) is 2. The number of carbonyl (C=O) groups excluding carboxylic acids is 2. The largest absolute Gasteiger partial charge is 0.431 e. The Morgan fingerprint density at radius 3 is 2.60 bits per heavy atom. The van der Waals surface area contributed by atoms with Crippen LogP contribution in [-0.2, 0) is 11.3 Å². The van der Waals surface area contributed by atoms with Gasteiger partial charge in [-0.15, -0.1) is 0 Å². The van der Waals surface area contributed by atoms with Crippen LogP contribution in [0.25, 0.3) is 11.1 Å². The lowest BCUT2D eigenvalue weighted by atomic mass is 10.2. The van der Waals surface area contributed by atoms with E-state index in [1.54, 1.807) is 6.92 Å². The molecule has 0 fully saturated rings. The molecule has 25 heavy (non-hydrogen) atoms. The number of aromatic nitrogens is 1. The first kappa shape index (κ1) is 17.0. The molecule has 0 radical (unpaired) electrons. The number of hydrogen-bond acceptors (Lipinski definition) is 5. The fourth-order valence-corrected chi connectivity index (χ4v) is 2.90. The summed E-state index contributed by atoms with van der Waals surface area (Å²) >= 11 is 1.16. The first-order chi connectivity index (χ1) is 12.1. The molecule has 1 aromatic heterocycles. The van der Waals surface area contributed by atoms with Crippen molar-refractivity contribution in [3.05, 3.63) is 60.2 Å². The highest BCUT2D eigenvalue weighted by Crippen LogP contribution is 2.26. The van der Waals surface area contributed by atoms with Gasteiger partial charge in [-0.1, -0.05) is 54.2 Å². The summed E-state index contributed by atoms with van der Waals surface area (Å²) in [7, 11) is 0. The maximum absolute atomic E-state index is 12.1. The number of amides is 3. The van der Waals surface area contributed by atoms with E-state index in [4.69, 9.17) is 4.42 Å². The molecule has 7 heteroatoms. The van der Waals surface area contributed by atoms with Crippen molar-refractivity contribution in [3.8, 4) is 0 Å². The molecule has 1 atom stereocenters. The third-order valence-electron chi connectivity index (χ3n) is 3.45. The summed E-state index contributed by atoms with van der Waals surface area (Å²) in [5.74, 6) is -0.405. The Labute approximate surface area is 149 Å². The number of fused-ring (bicyclic) bond motifs is 1. The average Bonchev–Trinajstić information content (AvgIpc) is 3.03. The van der Waals surface area contributed by atoms with Gasteiger partial charge in [-0.3, -0.25) is 10.1 Å². The van der Waals surface area contributed by atoms with Crippen molar-refractivity contribution >= 4 is 34.8 Å². The molecule has 0 saturated heterocycles. The molecule has 6 nitrogen and oxygen atoms in total. The minimum absolute atomic E-state index is 0.354. The lowest BCUT2D eigenvalue weighted by molar-refractivity contribution is -0.119. The summed E-state index contributed by atoms with van der Waals surface area (Å²) < 4.78 is 5.57. The molecule has 3 aromatic rings. The van der Waals surface area contributed by atoms with E-state index in [2.05, 4.69) is 15.6 Å². The molecule has 0 aliphatic rings. The molecule has 3 rings (SSSR count). The van der Waals surface area contributed by atoms with Crippen molar-refractivity contribution in [1.82, 2.24) is 15.6 Å². The van der Waals surface area contributed by atoms with Gasteiger partial charge in [-0.05, 0) is 24.6 Å². The van der Waals surface area contributed by atoms with Gasteiger partial charge in [-0.2, -0.15) is 0 Å². The van der Waals surface area contributed by atoms with Crippen LogP contribution in [0.5, 0.6) is 0 Å². The highest BCUT2D eigenvalue weighted by molar-refractivity contribution is 8.00. The Kier molecular flexibility index (Phi) is 5.35. The zero-order valence-electron chi connectivity index (χ0n) is 13.6. The quantitative estimate of drug-likeness (QED) is 0.686. The van der Waals surface area contributed by atoms with E-state index in [9.17, 15) is 9.59 Å². The second kappa shape index (κ2) is 7.85. The highest BCUT2D eigenvalue weighted by atomic mass is 32.2. The molecule has 0 aliphatic heterocycles. The lowest BCUT2D eigenvalue weighted by Gasteiger charge is -2.10.